The highest BCUT2D eigenvalue weighted by molar-refractivity contribution is 7.99. The largest absolute Gasteiger partial charge is 0.336 e. The lowest BCUT2D eigenvalue weighted by Crippen LogP contribution is -2.47. The molecule has 1 saturated heterocycles. The Labute approximate surface area is 83.4 Å². The van der Waals surface area contributed by atoms with Crippen molar-refractivity contribution in [3.8, 4) is 0 Å². The molecular weight excluding hydrogens is 186 g/mol. The molecule has 2 N–H and O–H groups in total. The zero-order valence-corrected chi connectivity index (χ0v) is 8.99. The van der Waals surface area contributed by atoms with Crippen LogP contribution in [0.2, 0.25) is 0 Å². The number of amides is 2. The fraction of sp³-hybridized carbons (Fsp3) is 0.875. The van der Waals surface area contributed by atoms with E-state index >= 15 is 0 Å². The Morgan fingerprint density at radius 2 is 2.46 bits per heavy atom. The van der Waals surface area contributed by atoms with Gasteiger partial charge in [-0.3, -0.25) is 0 Å². The summed E-state index contributed by atoms with van der Waals surface area (Å²) in [6.07, 6.45) is 0. The standard InChI is InChI=1S/C8H17N3OS/c1-11(2)8(12)10-5-7-6-13-4-3-9-7/h7,9H,3-6H2,1-2H3,(H,10,12). The number of hydrogen-bond donors (Lipinski definition) is 2. The van der Waals surface area contributed by atoms with E-state index in [0.29, 0.717) is 6.04 Å². The first kappa shape index (κ1) is 10.7. The molecule has 1 fully saturated rings. The van der Waals surface area contributed by atoms with E-state index in [4.69, 9.17) is 0 Å². The highest BCUT2D eigenvalue weighted by atomic mass is 32.2. The fourth-order valence-electron chi connectivity index (χ4n) is 1.12. The molecule has 1 atom stereocenters. The van der Waals surface area contributed by atoms with Crippen LogP contribution >= 0.6 is 11.8 Å². The Balaban J connectivity index is 2.13. The normalized spacial score (nSPS) is 22.5. The van der Waals surface area contributed by atoms with Gasteiger partial charge in [0.1, 0.15) is 0 Å². The molecule has 1 aliphatic heterocycles. The number of carbonyl (C=O) groups excluding carboxylic acids is 1. The molecule has 0 aromatic carbocycles. The van der Waals surface area contributed by atoms with Crippen LogP contribution in [0.5, 0.6) is 0 Å². The summed E-state index contributed by atoms with van der Waals surface area (Å²) < 4.78 is 0. The molecule has 1 rings (SSSR count). The van der Waals surface area contributed by atoms with Crippen LogP contribution in [0, 0.1) is 0 Å². The van der Waals surface area contributed by atoms with Crippen LogP contribution in [0.15, 0.2) is 0 Å². The lowest BCUT2D eigenvalue weighted by Gasteiger charge is -2.24. The highest BCUT2D eigenvalue weighted by Crippen LogP contribution is 2.06. The number of urea groups is 1. The highest BCUT2D eigenvalue weighted by Gasteiger charge is 2.13. The number of rotatable bonds is 2. The van der Waals surface area contributed by atoms with Crippen LogP contribution in [0.4, 0.5) is 4.79 Å². The second-order valence-corrected chi connectivity index (χ2v) is 4.46. The summed E-state index contributed by atoms with van der Waals surface area (Å²) >= 11 is 1.94. The van der Waals surface area contributed by atoms with Crippen LogP contribution in [0.25, 0.3) is 0 Å². The van der Waals surface area contributed by atoms with Crippen molar-refractivity contribution < 1.29 is 4.79 Å². The van der Waals surface area contributed by atoms with E-state index in [1.807, 2.05) is 11.8 Å². The summed E-state index contributed by atoms with van der Waals surface area (Å²) in [6, 6.07) is 0.417. The summed E-state index contributed by atoms with van der Waals surface area (Å²) in [4.78, 5) is 12.7. The molecule has 4 nitrogen and oxygen atoms in total. The maximum atomic E-state index is 11.2. The number of thioether (sulfide) groups is 1. The van der Waals surface area contributed by atoms with Gasteiger partial charge in [0.25, 0.3) is 0 Å². The van der Waals surface area contributed by atoms with Gasteiger partial charge in [0.05, 0.1) is 0 Å². The minimum absolute atomic E-state index is 0.0163. The summed E-state index contributed by atoms with van der Waals surface area (Å²) in [6.45, 7) is 1.77. The molecule has 2 amide bonds. The lowest BCUT2D eigenvalue weighted by molar-refractivity contribution is 0.216. The van der Waals surface area contributed by atoms with E-state index in [1.54, 1.807) is 19.0 Å². The van der Waals surface area contributed by atoms with Gasteiger partial charge in [0.2, 0.25) is 0 Å². The summed E-state index contributed by atoms with van der Waals surface area (Å²) in [5.74, 6) is 2.27. The topological polar surface area (TPSA) is 44.4 Å². The van der Waals surface area contributed by atoms with Gasteiger partial charge >= 0.3 is 6.03 Å². The molecule has 1 heterocycles. The predicted molar refractivity (Wildman–Crippen MR) is 56.2 cm³/mol. The maximum absolute atomic E-state index is 11.2. The molecule has 0 saturated carbocycles. The van der Waals surface area contributed by atoms with Crippen molar-refractivity contribution in [3.05, 3.63) is 0 Å². The Bertz CT molecular complexity index is 169. The molecule has 1 unspecified atom stereocenters. The molecule has 0 spiro atoms. The third-order valence-corrected chi connectivity index (χ3v) is 3.04. The number of carbonyl (C=O) groups is 1. The van der Waals surface area contributed by atoms with E-state index in [0.717, 1.165) is 18.8 Å². The predicted octanol–water partition coefficient (Wildman–Crippen LogP) is -0.0374. The van der Waals surface area contributed by atoms with Crippen LogP contribution in [-0.2, 0) is 0 Å². The van der Waals surface area contributed by atoms with Crippen LogP contribution in [0.1, 0.15) is 0 Å². The Hall–Kier alpha value is -0.420. The van der Waals surface area contributed by atoms with Crippen molar-refractivity contribution in [3.63, 3.8) is 0 Å². The molecule has 1 aliphatic rings. The number of nitrogens with one attached hydrogen (secondary N) is 2. The molecule has 0 aromatic rings. The van der Waals surface area contributed by atoms with E-state index in [2.05, 4.69) is 10.6 Å². The van der Waals surface area contributed by atoms with E-state index in [1.165, 1.54) is 5.75 Å². The fourth-order valence-corrected chi connectivity index (χ4v) is 2.07. The van der Waals surface area contributed by atoms with Crippen molar-refractivity contribution in [2.75, 3.05) is 38.7 Å². The summed E-state index contributed by atoms with van der Waals surface area (Å²) in [5, 5.41) is 6.22. The van der Waals surface area contributed by atoms with Gasteiger partial charge in [-0.1, -0.05) is 0 Å². The quantitative estimate of drug-likeness (QED) is 0.662. The molecule has 0 aliphatic carbocycles. The van der Waals surface area contributed by atoms with Crippen molar-refractivity contribution in [2.24, 2.45) is 0 Å². The van der Waals surface area contributed by atoms with Gasteiger partial charge in [-0.2, -0.15) is 11.8 Å². The molecule has 5 heteroatoms. The molecule has 0 aromatic heterocycles. The van der Waals surface area contributed by atoms with Crippen LogP contribution < -0.4 is 10.6 Å². The minimum atomic E-state index is -0.0163. The minimum Gasteiger partial charge on any atom is -0.336 e. The molecule has 0 bridgehead atoms. The summed E-state index contributed by atoms with van der Waals surface area (Å²) in [7, 11) is 3.50. The Morgan fingerprint density at radius 3 is 3.00 bits per heavy atom. The zero-order chi connectivity index (χ0) is 9.68. The van der Waals surface area contributed by atoms with Gasteiger partial charge in [-0.25, -0.2) is 4.79 Å². The first-order valence-electron chi connectivity index (χ1n) is 4.46. The third kappa shape index (κ3) is 3.87. The van der Waals surface area contributed by atoms with Crippen molar-refractivity contribution in [2.45, 2.75) is 6.04 Å². The van der Waals surface area contributed by atoms with Gasteiger partial charge < -0.3 is 15.5 Å². The van der Waals surface area contributed by atoms with Gasteiger partial charge in [0.15, 0.2) is 0 Å². The second kappa shape index (κ2) is 5.34. The maximum Gasteiger partial charge on any atom is 0.316 e. The van der Waals surface area contributed by atoms with E-state index in [9.17, 15) is 4.79 Å². The smallest absolute Gasteiger partial charge is 0.316 e. The number of nitrogens with zero attached hydrogens (tertiary/aromatic N) is 1. The van der Waals surface area contributed by atoms with Crippen molar-refractivity contribution in [1.29, 1.82) is 0 Å². The Kier molecular flexibility index (Phi) is 4.38. The van der Waals surface area contributed by atoms with Crippen molar-refractivity contribution in [1.82, 2.24) is 15.5 Å². The van der Waals surface area contributed by atoms with Gasteiger partial charge in [-0.05, 0) is 0 Å². The average Bonchev–Trinajstić information content (AvgIpc) is 2.15. The lowest BCUT2D eigenvalue weighted by atomic mass is 10.3. The van der Waals surface area contributed by atoms with Crippen LogP contribution in [-0.4, -0.2) is 55.7 Å². The van der Waals surface area contributed by atoms with Gasteiger partial charge in [0, 0.05) is 44.7 Å². The van der Waals surface area contributed by atoms with Gasteiger partial charge in [-0.15, -0.1) is 0 Å². The average molecular weight is 203 g/mol. The molecular formula is C8H17N3OS. The SMILES string of the molecule is CN(C)C(=O)NCC1CSCCN1. The summed E-state index contributed by atoms with van der Waals surface area (Å²) in [5.41, 5.74) is 0. The molecule has 76 valence electrons. The van der Waals surface area contributed by atoms with Crippen molar-refractivity contribution >= 4 is 17.8 Å². The van der Waals surface area contributed by atoms with E-state index in [-0.39, 0.29) is 6.03 Å². The second-order valence-electron chi connectivity index (χ2n) is 3.31. The van der Waals surface area contributed by atoms with E-state index < -0.39 is 0 Å². The number of hydrogen-bond acceptors (Lipinski definition) is 3. The Morgan fingerprint density at radius 1 is 1.69 bits per heavy atom. The first-order chi connectivity index (χ1) is 6.20. The first-order valence-corrected chi connectivity index (χ1v) is 5.62. The molecule has 13 heavy (non-hydrogen) atoms. The molecule has 0 radical (unpaired) electrons. The van der Waals surface area contributed by atoms with Crippen LogP contribution in [0.3, 0.4) is 0 Å². The third-order valence-electron chi connectivity index (χ3n) is 1.90. The monoisotopic (exact) mass is 203 g/mol. The zero-order valence-electron chi connectivity index (χ0n) is 8.17.